The van der Waals surface area contributed by atoms with Crippen LogP contribution in [0, 0.1) is 11.3 Å². The summed E-state index contributed by atoms with van der Waals surface area (Å²) in [6, 6.07) is 9.88. The largest absolute Gasteiger partial charge is 0.481 e. The molecule has 0 bridgehead atoms. The van der Waals surface area contributed by atoms with Crippen LogP contribution in [0.3, 0.4) is 0 Å². The van der Waals surface area contributed by atoms with E-state index >= 15 is 0 Å². The second-order valence-corrected chi connectivity index (χ2v) is 11.7. The zero-order chi connectivity index (χ0) is 28.2. The second kappa shape index (κ2) is 12.0. The minimum atomic E-state index is -4.20. The molecule has 0 saturated carbocycles. The van der Waals surface area contributed by atoms with Crippen molar-refractivity contribution in [3.05, 3.63) is 42.5 Å². The zero-order valence-corrected chi connectivity index (χ0v) is 22.3. The standard InChI is InChI=1S/C26H34N6O6S/c27-26(28)31-11-3-7-19(16-31)24(35)29-15-20-8-4-12-32(20)25(36)22(14-23(33)34)30-39(37,38)21-10-9-17-5-1-2-6-18(17)13-21/h1-2,5-6,9-10,13,19-20,22,30H,3-4,7-8,11-12,14-16H2,(H3,27,28)(H,29,35)(H,33,34)/t19-,20-,22-/m0/s1. The van der Waals surface area contributed by atoms with E-state index in [9.17, 15) is 27.9 Å². The molecule has 6 N–H and O–H groups in total. The van der Waals surface area contributed by atoms with Crippen molar-refractivity contribution in [3.63, 3.8) is 0 Å². The fraction of sp³-hybridized carbons (Fsp3) is 0.462. The number of piperidine rings is 1. The number of carbonyl (C=O) groups excluding carboxylic acids is 2. The summed E-state index contributed by atoms with van der Waals surface area (Å²) in [5, 5.41) is 21.5. The SMILES string of the molecule is N=C(N)N1CCC[C@H](C(=O)NC[C@@H]2CCCN2C(=O)[C@H](CC(=O)O)NS(=O)(=O)c2ccc3ccccc3c2)C1. The van der Waals surface area contributed by atoms with Gasteiger partial charge in [-0.05, 0) is 48.6 Å². The highest BCUT2D eigenvalue weighted by Gasteiger charge is 2.37. The monoisotopic (exact) mass is 558 g/mol. The van der Waals surface area contributed by atoms with Crippen LogP contribution in [0.25, 0.3) is 10.8 Å². The van der Waals surface area contributed by atoms with Gasteiger partial charge >= 0.3 is 5.97 Å². The van der Waals surface area contributed by atoms with Gasteiger partial charge < -0.3 is 26.0 Å². The number of rotatable bonds is 9. The number of nitrogens with zero attached hydrogens (tertiary/aromatic N) is 2. The van der Waals surface area contributed by atoms with Crippen molar-refractivity contribution in [1.29, 1.82) is 5.41 Å². The number of amides is 2. The minimum absolute atomic E-state index is 0.0679. The summed E-state index contributed by atoms with van der Waals surface area (Å²) in [4.78, 5) is 40.9. The highest BCUT2D eigenvalue weighted by molar-refractivity contribution is 7.89. The first-order valence-electron chi connectivity index (χ1n) is 13.0. The summed E-state index contributed by atoms with van der Waals surface area (Å²) >= 11 is 0. The van der Waals surface area contributed by atoms with Gasteiger partial charge in [-0.15, -0.1) is 0 Å². The van der Waals surface area contributed by atoms with E-state index in [2.05, 4.69) is 10.0 Å². The summed E-state index contributed by atoms with van der Waals surface area (Å²) in [5.41, 5.74) is 5.57. The van der Waals surface area contributed by atoms with Gasteiger partial charge in [0.25, 0.3) is 0 Å². The van der Waals surface area contributed by atoms with Crippen LogP contribution >= 0.6 is 0 Å². The van der Waals surface area contributed by atoms with E-state index in [0.29, 0.717) is 44.3 Å². The van der Waals surface area contributed by atoms with E-state index in [4.69, 9.17) is 11.1 Å². The Morgan fingerprint density at radius 1 is 1.08 bits per heavy atom. The van der Waals surface area contributed by atoms with Crippen molar-refractivity contribution in [2.24, 2.45) is 11.7 Å². The van der Waals surface area contributed by atoms with E-state index < -0.39 is 40.4 Å². The molecule has 2 fully saturated rings. The van der Waals surface area contributed by atoms with Crippen LogP contribution in [-0.4, -0.2) is 85.3 Å². The number of hydrogen-bond acceptors (Lipinski definition) is 6. The Bertz CT molecular complexity index is 1370. The molecule has 3 atom stereocenters. The molecule has 0 radical (unpaired) electrons. The quantitative estimate of drug-likeness (QED) is 0.219. The number of hydrogen-bond donors (Lipinski definition) is 5. The third kappa shape index (κ3) is 6.84. The predicted molar refractivity (Wildman–Crippen MR) is 144 cm³/mol. The third-order valence-electron chi connectivity index (χ3n) is 7.31. The Morgan fingerprint density at radius 3 is 2.51 bits per heavy atom. The first kappa shape index (κ1) is 28.3. The van der Waals surface area contributed by atoms with Gasteiger partial charge in [-0.25, -0.2) is 8.42 Å². The maximum Gasteiger partial charge on any atom is 0.305 e. The molecular weight excluding hydrogens is 524 g/mol. The highest BCUT2D eigenvalue weighted by atomic mass is 32.2. The first-order valence-corrected chi connectivity index (χ1v) is 14.4. The molecule has 2 aromatic rings. The molecule has 2 aliphatic heterocycles. The van der Waals surface area contributed by atoms with Gasteiger partial charge in [0.2, 0.25) is 21.8 Å². The number of nitrogens with one attached hydrogen (secondary N) is 3. The number of sulfonamides is 1. The number of fused-ring (bicyclic) bond motifs is 1. The van der Waals surface area contributed by atoms with Crippen molar-refractivity contribution in [2.45, 2.75) is 49.1 Å². The van der Waals surface area contributed by atoms with Crippen molar-refractivity contribution >= 4 is 44.5 Å². The number of carboxylic acids is 1. The topological polar surface area (TPSA) is 186 Å². The Labute approximate surface area is 227 Å². The van der Waals surface area contributed by atoms with Crippen molar-refractivity contribution in [3.8, 4) is 0 Å². The zero-order valence-electron chi connectivity index (χ0n) is 21.5. The number of benzene rings is 2. The number of aliphatic carboxylic acids is 1. The van der Waals surface area contributed by atoms with E-state index in [-0.39, 0.29) is 29.2 Å². The number of carboxylic acid groups (broad SMARTS) is 1. The molecule has 2 aliphatic rings. The average Bonchev–Trinajstić information content (AvgIpc) is 3.39. The molecule has 0 spiro atoms. The molecule has 210 valence electrons. The minimum Gasteiger partial charge on any atom is -0.481 e. The summed E-state index contributed by atoms with van der Waals surface area (Å²) in [6.07, 6.45) is 1.92. The van der Waals surface area contributed by atoms with Crippen LogP contribution in [0.1, 0.15) is 32.1 Å². The first-order chi connectivity index (χ1) is 18.5. The molecule has 2 aromatic carbocycles. The van der Waals surface area contributed by atoms with Crippen molar-refractivity contribution in [1.82, 2.24) is 19.8 Å². The molecule has 0 unspecified atom stereocenters. The van der Waals surface area contributed by atoms with Crippen LogP contribution < -0.4 is 15.8 Å². The lowest BCUT2D eigenvalue weighted by Gasteiger charge is -2.33. The Morgan fingerprint density at radius 2 is 1.79 bits per heavy atom. The molecule has 2 heterocycles. The van der Waals surface area contributed by atoms with Gasteiger partial charge in [-0.3, -0.25) is 19.8 Å². The Hall–Kier alpha value is -3.71. The summed E-state index contributed by atoms with van der Waals surface area (Å²) in [7, 11) is -4.20. The molecule has 0 aromatic heterocycles. The van der Waals surface area contributed by atoms with Gasteiger partial charge in [0.15, 0.2) is 5.96 Å². The molecule has 39 heavy (non-hydrogen) atoms. The highest BCUT2D eigenvalue weighted by Crippen LogP contribution is 2.22. The van der Waals surface area contributed by atoms with Gasteiger partial charge in [0, 0.05) is 32.2 Å². The van der Waals surface area contributed by atoms with Crippen molar-refractivity contribution in [2.75, 3.05) is 26.2 Å². The lowest BCUT2D eigenvalue weighted by atomic mass is 9.97. The predicted octanol–water partition coefficient (Wildman–Crippen LogP) is 0.674. The lowest BCUT2D eigenvalue weighted by molar-refractivity contribution is -0.142. The fourth-order valence-corrected chi connectivity index (χ4v) is 6.48. The van der Waals surface area contributed by atoms with E-state index in [1.54, 1.807) is 23.1 Å². The molecule has 4 rings (SSSR count). The molecule has 2 amide bonds. The Balaban J connectivity index is 1.43. The van der Waals surface area contributed by atoms with Gasteiger partial charge in [0.05, 0.1) is 17.2 Å². The van der Waals surface area contributed by atoms with Crippen LogP contribution in [0.4, 0.5) is 0 Å². The number of likely N-dealkylation sites (tertiary alicyclic amines) is 2. The maximum atomic E-state index is 13.5. The van der Waals surface area contributed by atoms with Crippen LogP contribution in [-0.2, 0) is 24.4 Å². The second-order valence-electron chi connectivity index (χ2n) is 10.0. The Kier molecular flexibility index (Phi) is 8.70. The van der Waals surface area contributed by atoms with E-state index in [0.717, 1.165) is 11.8 Å². The van der Waals surface area contributed by atoms with Crippen LogP contribution in [0.2, 0.25) is 0 Å². The van der Waals surface area contributed by atoms with E-state index in [1.165, 1.54) is 17.0 Å². The lowest BCUT2D eigenvalue weighted by Crippen LogP contribution is -2.53. The van der Waals surface area contributed by atoms with Gasteiger partial charge in [-0.1, -0.05) is 30.3 Å². The molecule has 12 nitrogen and oxygen atoms in total. The van der Waals surface area contributed by atoms with Gasteiger partial charge in [0.1, 0.15) is 6.04 Å². The van der Waals surface area contributed by atoms with Crippen molar-refractivity contribution < 1.29 is 27.9 Å². The van der Waals surface area contributed by atoms with Crippen LogP contribution in [0.15, 0.2) is 47.4 Å². The molecule has 0 aliphatic carbocycles. The average molecular weight is 559 g/mol. The summed E-state index contributed by atoms with van der Waals surface area (Å²) < 4.78 is 28.7. The molecule has 2 saturated heterocycles. The smallest absolute Gasteiger partial charge is 0.305 e. The third-order valence-corrected chi connectivity index (χ3v) is 8.78. The number of carbonyl (C=O) groups is 3. The number of guanidine groups is 1. The van der Waals surface area contributed by atoms with Gasteiger partial charge in [-0.2, -0.15) is 4.72 Å². The normalized spacial score (nSPS) is 20.5. The van der Waals surface area contributed by atoms with E-state index in [1.807, 2.05) is 12.1 Å². The molecule has 13 heteroatoms. The molecular formula is C26H34N6O6S. The fourth-order valence-electron chi connectivity index (χ4n) is 5.25. The summed E-state index contributed by atoms with van der Waals surface area (Å²) in [6.45, 7) is 1.48. The maximum absolute atomic E-state index is 13.5. The number of nitrogens with two attached hydrogens (primary N) is 1. The van der Waals surface area contributed by atoms with Crippen LogP contribution in [0.5, 0.6) is 0 Å². The summed E-state index contributed by atoms with van der Waals surface area (Å²) in [5.74, 6) is -2.55.